The van der Waals surface area contributed by atoms with E-state index in [2.05, 4.69) is 9.47 Å². The lowest BCUT2D eigenvalue weighted by Gasteiger charge is -2.18. The van der Waals surface area contributed by atoms with Crippen molar-refractivity contribution in [1.29, 1.82) is 0 Å². The van der Waals surface area contributed by atoms with Gasteiger partial charge in [0, 0.05) is 6.61 Å². The summed E-state index contributed by atoms with van der Waals surface area (Å²) in [4.78, 5) is 11.0. The van der Waals surface area contributed by atoms with Gasteiger partial charge in [0.1, 0.15) is 0 Å². The van der Waals surface area contributed by atoms with Crippen molar-refractivity contribution in [2.75, 3.05) is 13.2 Å². The molecule has 0 heterocycles. The molecule has 0 aliphatic heterocycles. The molecule has 0 spiro atoms. The summed E-state index contributed by atoms with van der Waals surface area (Å²) < 4.78 is 46.0. The summed E-state index contributed by atoms with van der Waals surface area (Å²) >= 11 is 0. The third-order valence-electron chi connectivity index (χ3n) is 1.83. The summed E-state index contributed by atoms with van der Waals surface area (Å²) in [5.41, 5.74) is 0. The monoisotopic (exact) mass is 242 g/mol. The molecule has 96 valence electrons. The quantitative estimate of drug-likeness (QED) is 0.508. The molecule has 0 radical (unpaired) electrons. The van der Waals surface area contributed by atoms with Crippen molar-refractivity contribution < 1.29 is 27.4 Å². The first-order chi connectivity index (χ1) is 7.43. The highest BCUT2D eigenvalue weighted by molar-refractivity contribution is 5.75. The van der Waals surface area contributed by atoms with Crippen LogP contribution in [0.5, 0.6) is 0 Å². The van der Waals surface area contributed by atoms with E-state index in [1.807, 2.05) is 6.92 Å². The molecule has 0 aliphatic carbocycles. The van der Waals surface area contributed by atoms with Crippen molar-refractivity contribution in [3.05, 3.63) is 0 Å². The molecule has 0 aromatic carbocycles. The SMILES string of the molecule is CCCCCOC(C(=O)OCC)C(F)(F)F. The number of halogens is 3. The molecule has 3 nitrogen and oxygen atoms in total. The van der Waals surface area contributed by atoms with E-state index in [1.165, 1.54) is 6.92 Å². The molecule has 0 amide bonds. The zero-order valence-corrected chi connectivity index (χ0v) is 9.47. The van der Waals surface area contributed by atoms with Crippen LogP contribution in [-0.4, -0.2) is 31.5 Å². The summed E-state index contributed by atoms with van der Waals surface area (Å²) in [6.45, 7) is 3.19. The zero-order valence-electron chi connectivity index (χ0n) is 9.47. The summed E-state index contributed by atoms with van der Waals surface area (Å²) in [7, 11) is 0. The van der Waals surface area contributed by atoms with Gasteiger partial charge in [-0.25, -0.2) is 4.79 Å². The Morgan fingerprint density at radius 3 is 2.31 bits per heavy atom. The van der Waals surface area contributed by atoms with E-state index in [1.54, 1.807) is 0 Å². The molecule has 0 aromatic heterocycles. The molecule has 0 saturated heterocycles. The largest absolute Gasteiger partial charge is 0.464 e. The van der Waals surface area contributed by atoms with Gasteiger partial charge in [-0.15, -0.1) is 0 Å². The fourth-order valence-corrected chi connectivity index (χ4v) is 1.07. The molecule has 0 aliphatic rings. The lowest BCUT2D eigenvalue weighted by molar-refractivity contribution is -0.230. The van der Waals surface area contributed by atoms with Crippen LogP contribution in [0.2, 0.25) is 0 Å². The Bertz CT molecular complexity index is 204. The van der Waals surface area contributed by atoms with Crippen LogP contribution in [0.4, 0.5) is 13.2 Å². The first kappa shape index (κ1) is 15.2. The second kappa shape index (κ2) is 7.49. The Hall–Kier alpha value is -0.780. The number of rotatable bonds is 7. The number of unbranched alkanes of at least 4 members (excludes halogenated alkanes) is 2. The maximum Gasteiger partial charge on any atom is 0.425 e. The van der Waals surface area contributed by atoms with Crippen LogP contribution in [0.15, 0.2) is 0 Å². The van der Waals surface area contributed by atoms with Gasteiger partial charge in [0.25, 0.3) is 6.10 Å². The summed E-state index contributed by atoms with van der Waals surface area (Å²) in [6.07, 6.45) is -5.02. The van der Waals surface area contributed by atoms with Gasteiger partial charge >= 0.3 is 12.1 Å². The van der Waals surface area contributed by atoms with Gasteiger partial charge in [0.15, 0.2) is 0 Å². The van der Waals surface area contributed by atoms with Crippen molar-refractivity contribution in [2.45, 2.75) is 45.4 Å². The summed E-state index contributed by atoms with van der Waals surface area (Å²) in [5.74, 6) is -1.37. The minimum absolute atomic E-state index is 0.0865. The van der Waals surface area contributed by atoms with E-state index < -0.39 is 18.2 Å². The molecule has 1 unspecified atom stereocenters. The molecule has 6 heteroatoms. The van der Waals surface area contributed by atoms with E-state index in [0.717, 1.165) is 12.8 Å². The zero-order chi connectivity index (χ0) is 12.6. The second-order valence-corrected chi connectivity index (χ2v) is 3.25. The lowest BCUT2D eigenvalue weighted by Crippen LogP contribution is -2.40. The maximum absolute atomic E-state index is 12.4. The first-order valence-corrected chi connectivity index (χ1v) is 5.28. The molecular formula is C10H17F3O3. The first-order valence-electron chi connectivity index (χ1n) is 5.28. The predicted molar refractivity (Wildman–Crippen MR) is 52.0 cm³/mol. The normalized spacial score (nSPS) is 13.6. The van der Waals surface area contributed by atoms with Gasteiger partial charge < -0.3 is 9.47 Å². The fraction of sp³-hybridized carbons (Fsp3) is 0.900. The van der Waals surface area contributed by atoms with E-state index in [-0.39, 0.29) is 13.2 Å². The molecular weight excluding hydrogens is 225 g/mol. The summed E-state index contributed by atoms with van der Waals surface area (Å²) in [5, 5.41) is 0. The highest BCUT2D eigenvalue weighted by Crippen LogP contribution is 2.24. The number of carbonyl (C=O) groups excluding carboxylic acids is 1. The van der Waals surface area contributed by atoms with Crippen LogP contribution in [0, 0.1) is 0 Å². The van der Waals surface area contributed by atoms with Crippen LogP contribution in [0.3, 0.4) is 0 Å². The van der Waals surface area contributed by atoms with Crippen LogP contribution in [-0.2, 0) is 14.3 Å². The minimum Gasteiger partial charge on any atom is -0.464 e. The highest BCUT2D eigenvalue weighted by atomic mass is 19.4. The molecule has 1 atom stereocenters. The van der Waals surface area contributed by atoms with E-state index >= 15 is 0 Å². The van der Waals surface area contributed by atoms with E-state index in [9.17, 15) is 18.0 Å². The second-order valence-electron chi connectivity index (χ2n) is 3.25. The third kappa shape index (κ3) is 5.95. The van der Waals surface area contributed by atoms with Crippen molar-refractivity contribution in [2.24, 2.45) is 0 Å². The van der Waals surface area contributed by atoms with Gasteiger partial charge in [-0.2, -0.15) is 13.2 Å². The number of hydrogen-bond acceptors (Lipinski definition) is 3. The average Bonchev–Trinajstić information content (AvgIpc) is 2.16. The van der Waals surface area contributed by atoms with Crippen LogP contribution in [0.25, 0.3) is 0 Å². The molecule has 0 aromatic rings. The highest BCUT2D eigenvalue weighted by Gasteiger charge is 2.47. The lowest BCUT2D eigenvalue weighted by atomic mass is 10.2. The number of ether oxygens (including phenoxy) is 2. The predicted octanol–water partition coefficient (Wildman–Crippen LogP) is 2.69. The fourth-order valence-electron chi connectivity index (χ4n) is 1.07. The number of hydrogen-bond donors (Lipinski definition) is 0. The van der Waals surface area contributed by atoms with Crippen molar-refractivity contribution in [3.8, 4) is 0 Å². The van der Waals surface area contributed by atoms with Gasteiger partial charge in [-0.1, -0.05) is 19.8 Å². The topological polar surface area (TPSA) is 35.5 Å². The van der Waals surface area contributed by atoms with Crippen molar-refractivity contribution >= 4 is 5.97 Å². The van der Waals surface area contributed by atoms with Gasteiger partial charge in [-0.05, 0) is 13.3 Å². The Morgan fingerprint density at radius 1 is 1.25 bits per heavy atom. The Morgan fingerprint density at radius 2 is 1.88 bits per heavy atom. The van der Waals surface area contributed by atoms with Crippen molar-refractivity contribution in [1.82, 2.24) is 0 Å². The molecule has 0 bridgehead atoms. The van der Waals surface area contributed by atoms with Crippen LogP contribution in [0.1, 0.15) is 33.1 Å². The van der Waals surface area contributed by atoms with Crippen LogP contribution >= 0.6 is 0 Å². The minimum atomic E-state index is -4.71. The van der Waals surface area contributed by atoms with E-state index in [0.29, 0.717) is 6.42 Å². The van der Waals surface area contributed by atoms with Crippen LogP contribution < -0.4 is 0 Å². The Labute approximate surface area is 92.9 Å². The molecule has 0 rings (SSSR count). The third-order valence-corrected chi connectivity index (χ3v) is 1.83. The standard InChI is InChI=1S/C10H17F3O3/c1-3-5-6-7-16-8(10(11,12)13)9(14)15-4-2/h8H,3-7H2,1-2H3. The number of alkyl halides is 3. The molecule has 16 heavy (non-hydrogen) atoms. The average molecular weight is 242 g/mol. The van der Waals surface area contributed by atoms with E-state index in [4.69, 9.17) is 0 Å². The Kier molecular flexibility index (Phi) is 7.12. The van der Waals surface area contributed by atoms with Crippen molar-refractivity contribution in [3.63, 3.8) is 0 Å². The molecule has 0 fully saturated rings. The van der Waals surface area contributed by atoms with Gasteiger partial charge in [-0.3, -0.25) is 0 Å². The van der Waals surface area contributed by atoms with Gasteiger partial charge in [0.05, 0.1) is 6.61 Å². The number of esters is 1. The molecule has 0 saturated carbocycles. The maximum atomic E-state index is 12.4. The smallest absolute Gasteiger partial charge is 0.425 e. The summed E-state index contributed by atoms with van der Waals surface area (Å²) in [6, 6.07) is 0. The molecule has 0 N–H and O–H groups in total. The van der Waals surface area contributed by atoms with Gasteiger partial charge in [0.2, 0.25) is 0 Å². The Balaban J connectivity index is 4.17. The number of carbonyl (C=O) groups is 1.